The lowest BCUT2D eigenvalue weighted by Crippen LogP contribution is -3.07. The fourth-order valence-corrected chi connectivity index (χ4v) is 3.44. The number of hydrogen-bond acceptors (Lipinski definition) is 1. The summed E-state index contributed by atoms with van der Waals surface area (Å²) in [7, 11) is 2.23. The van der Waals surface area contributed by atoms with E-state index in [4.69, 9.17) is 0 Å². The van der Waals surface area contributed by atoms with Gasteiger partial charge in [-0.25, -0.2) is 0 Å². The zero-order valence-electron chi connectivity index (χ0n) is 12.8. The van der Waals surface area contributed by atoms with E-state index < -0.39 is 0 Å². The number of fused-ring (bicyclic) bond motifs is 1. The van der Waals surface area contributed by atoms with Crippen LogP contribution in [-0.4, -0.2) is 13.1 Å². The van der Waals surface area contributed by atoms with Gasteiger partial charge in [-0.2, -0.15) is 0 Å². The van der Waals surface area contributed by atoms with Crippen molar-refractivity contribution >= 4 is 11.8 Å². The van der Waals surface area contributed by atoms with E-state index in [0.717, 1.165) is 5.56 Å². The molecule has 0 spiro atoms. The van der Waals surface area contributed by atoms with Crippen LogP contribution in [0.3, 0.4) is 0 Å². The molecule has 2 aromatic carbocycles. The Labute approximate surface area is 126 Å². The molecular formula is C19H21NO. The molecule has 1 N–H and O–H groups in total. The number of hydrogen-bond donors (Lipinski definition) is 1. The van der Waals surface area contributed by atoms with E-state index in [1.54, 1.807) is 12.1 Å². The first-order chi connectivity index (χ1) is 10.00. The van der Waals surface area contributed by atoms with E-state index in [1.807, 2.05) is 12.1 Å². The molecule has 3 rings (SSSR count). The predicted octanol–water partition coefficient (Wildman–Crippen LogP) is 2.28. The maximum Gasteiger partial charge on any atom is 0.135 e. The van der Waals surface area contributed by atoms with Crippen molar-refractivity contribution < 1.29 is 10.0 Å². The highest BCUT2D eigenvalue weighted by atomic mass is 16.3. The highest BCUT2D eigenvalue weighted by Crippen LogP contribution is 2.36. The van der Waals surface area contributed by atoms with Crippen LogP contribution in [-0.2, 0) is 5.41 Å². The number of quaternary nitrogens is 1. The number of likely N-dealkylation sites (N-methyl/N-ethyl adjacent to an activating group) is 1. The van der Waals surface area contributed by atoms with Gasteiger partial charge in [-0.05, 0) is 31.6 Å². The lowest BCUT2D eigenvalue weighted by Gasteiger charge is -2.25. The first-order valence-corrected chi connectivity index (χ1v) is 7.39. The van der Waals surface area contributed by atoms with Crippen LogP contribution >= 0.6 is 0 Å². The lowest BCUT2D eigenvalue weighted by atomic mass is 9.80. The third kappa shape index (κ3) is 2.36. The van der Waals surface area contributed by atoms with Gasteiger partial charge in [0.15, 0.2) is 0 Å². The summed E-state index contributed by atoms with van der Waals surface area (Å²) in [5, 5.41) is 11.2. The van der Waals surface area contributed by atoms with Crippen molar-refractivity contribution in [1.29, 1.82) is 0 Å². The maximum atomic E-state index is 11.2. The predicted molar refractivity (Wildman–Crippen MR) is 84.7 cm³/mol. The topological polar surface area (TPSA) is 27.5 Å². The van der Waals surface area contributed by atoms with E-state index in [-0.39, 0.29) is 11.2 Å². The molecule has 2 aromatic rings. The first-order valence-electron chi connectivity index (χ1n) is 7.39. The Morgan fingerprint density at radius 2 is 1.71 bits per heavy atom. The summed E-state index contributed by atoms with van der Waals surface area (Å²) < 4.78 is 0. The molecule has 1 aliphatic heterocycles. The van der Waals surface area contributed by atoms with Crippen LogP contribution in [0.25, 0.3) is 6.08 Å². The van der Waals surface area contributed by atoms with Gasteiger partial charge in [-0.1, -0.05) is 48.5 Å². The minimum Gasteiger partial charge on any atom is -0.872 e. The van der Waals surface area contributed by atoms with Gasteiger partial charge < -0.3 is 5.11 Å². The Kier molecular flexibility index (Phi) is 3.34. The van der Waals surface area contributed by atoms with Crippen molar-refractivity contribution in [2.24, 2.45) is 0 Å². The highest BCUT2D eigenvalue weighted by molar-refractivity contribution is 5.54. The zero-order valence-corrected chi connectivity index (χ0v) is 12.8. The Balaban J connectivity index is 1.91. The van der Waals surface area contributed by atoms with Crippen molar-refractivity contribution in [2.45, 2.75) is 25.3 Å². The van der Waals surface area contributed by atoms with Crippen LogP contribution in [0.4, 0.5) is 5.69 Å². The van der Waals surface area contributed by atoms with Crippen molar-refractivity contribution in [3.63, 3.8) is 0 Å². The third-order valence-corrected chi connectivity index (χ3v) is 4.65. The molecular weight excluding hydrogens is 258 g/mol. The van der Waals surface area contributed by atoms with Gasteiger partial charge in [-0.3, -0.25) is 4.90 Å². The SMILES string of the molecule is C[NH+]1c2ccccc2C(C)(C)C1/C=C/c1ccc([O-])cc1. The van der Waals surface area contributed by atoms with E-state index >= 15 is 0 Å². The molecule has 1 aliphatic rings. The highest BCUT2D eigenvalue weighted by Gasteiger charge is 2.45. The monoisotopic (exact) mass is 279 g/mol. The maximum absolute atomic E-state index is 11.2. The smallest absolute Gasteiger partial charge is 0.135 e. The van der Waals surface area contributed by atoms with Crippen LogP contribution in [0.5, 0.6) is 5.75 Å². The molecule has 0 saturated carbocycles. The van der Waals surface area contributed by atoms with Crippen LogP contribution in [0.15, 0.2) is 54.6 Å². The van der Waals surface area contributed by atoms with E-state index in [1.165, 1.54) is 16.2 Å². The second-order valence-electron chi connectivity index (χ2n) is 6.36. The zero-order chi connectivity index (χ0) is 15.0. The Morgan fingerprint density at radius 3 is 2.38 bits per heavy atom. The summed E-state index contributed by atoms with van der Waals surface area (Å²) in [6.07, 6.45) is 4.40. The molecule has 0 amide bonds. The largest absolute Gasteiger partial charge is 0.872 e. The summed E-state index contributed by atoms with van der Waals surface area (Å²) in [5.74, 6) is 0.0588. The summed E-state index contributed by atoms with van der Waals surface area (Å²) in [4.78, 5) is 1.42. The average Bonchev–Trinajstić information content (AvgIpc) is 2.67. The molecule has 0 saturated heterocycles. The summed E-state index contributed by atoms with van der Waals surface area (Å²) in [5.41, 5.74) is 3.99. The molecule has 0 radical (unpaired) electrons. The van der Waals surface area contributed by atoms with Crippen molar-refractivity contribution in [3.8, 4) is 5.75 Å². The standard InChI is InChI=1S/C19H21NO/c1-19(2)16-6-4-5-7-17(16)20(3)18(19)13-10-14-8-11-15(21)12-9-14/h4-13,18,21H,1-3H3/b13-10+. The minimum atomic E-state index is 0.0588. The number of benzene rings is 2. The molecule has 2 unspecified atom stereocenters. The fourth-order valence-electron chi connectivity index (χ4n) is 3.44. The van der Waals surface area contributed by atoms with Crippen LogP contribution in [0.1, 0.15) is 25.0 Å². The van der Waals surface area contributed by atoms with Gasteiger partial charge in [-0.15, -0.1) is 5.75 Å². The lowest BCUT2D eigenvalue weighted by molar-refractivity contribution is -0.828. The van der Waals surface area contributed by atoms with Crippen LogP contribution in [0, 0.1) is 0 Å². The second-order valence-corrected chi connectivity index (χ2v) is 6.36. The van der Waals surface area contributed by atoms with E-state index in [0.29, 0.717) is 6.04 Å². The van der Waals surface area contributed by atoms with Crippen LogP contribution < -0.4 is 10.0 Å². The third-order valence-electron chi connectivity index (χ3n) is 4.65. The molecule has 2 atom stereocenters. The molecule has 2 nitrogen and oxygen atoms in total. The quantitative estimate of drug-likeness (QED) is 0.897. The van der Waals surface area contributed by atoms with Gasteiger partial charge in [0.05, 0.1) is 12.5 Å². The molecule has 1 heterocycles. The summed E-state index contributed by atoms with van der Waals surface area (Å²) in [6.45, 7) is 4.61. The van der Waals surface area contributed by atoms with Crippen molar-refractivity contribution in [1.82, 2.24) is 0 Å². The van der Waals surface area contributed by atoms with E-state index in [9.17, 15) is 5.11 Å². The van der Waals surface area contributed by atoms with Gasteiger partial charge >= 0.3 is 0 Å². The van der Waals surface area contributed by atoms with Gasteiger partial charge in [0.1, 0.15) is 11.7 Å². The normalized spacial score (nSPS) is 23.4. The van der Waals surface area contributed by atoms with Gasteiger partial charge in [0, 0.05) is 5.56 Å². The molecule has 108 valence electrons. The molecule has 21 heavy (non-hydrogen) atoms. The van der Waals surface area contributed by atoms with Crippen LogP contribution in [0.2, 0.25) is 0 Å². The van der Waals surface area contributed by atoms with Crippen molar-refractivity contribution in [2.75, 3.05) is 7.05 Å². The second kappa shape index (κ2) is 5.05. The molecule has 0 aromatic heterocycles. The number of rotatable bonds is 2. The average molecular weight is 279 g/mol. The van der Waals surface area contributed by atoms with Gasteiger partial charge in [0.25, 0.3) is 0 Å². The summed E-state index contributed by atoms with van der Waals surface area (Å²) in [6, 6.07) is 16.1. The van der Waals surface area contributed by atoms with Gasteiger partial charge in [0.2, 0.25) is 0 Å². The minimum absolute atomic E-state index is 0.0588. The molecule has 2 heteroatoms. The fraction of sp³-hybridized carbons (Fsp3) is 0.263. The summed E-state index contributed by atoms with van der Waals surface area (Å²) >= 11 is 0. The first kappa shape index (κ1) is 13.9. The Bertz CT molecular complexity index is 670. The molecule has 0 bridgehead atoms. The Morgan fingerprint density at radius 1 is 1.05 bits per heavy atom. The van der Waals surface area contributed by atoms with Crippen molar-refractivity contribution in [3.05, 3.63) is 65.7 Å². The molecule has 0 fully saturated rings. The number of para-hydroxylation sites is 1. The Hall–Kier alpha value is -2.06. The van der Waals surface area contributed by atoms with E-state index in [2.05, 4.69) is 57.3 Å². The molecule has 0 aliphatic carbocycles. The number of nitrogens with one attached hydrogen (secondary N) is 1.